The summed E-state index contributed by atoms with van der Waals surface area (Å²) in [6.45, 7) is 7.35. The maximum absolute atomic E-state index is 13.2. The molecule has 4 fully saturated rings. The first-order chi connectivity index (χ1) is 12.2. The average Bonchev–Trinajstić information content (AvgIpc) is 2.65. The van der Waals surface area contributed by atoms with Gasteiger partial charge in [-0.1, -0.05) is 36.2 Å². The quantitative estimate of drug-likeness (QED) is 0.787. The molecule has 0 spiro atoms. The third-order valence-corrected chi connectivity index (χ3v) is 6.24. The van der Waals surface area contributed by atoms with Gasteiger partial charge in [0, 0.05) is 6.54 Å². The summed E-state index contributed by atoms with van der Waals surface area (Å²) in [5.74, 6) is 0.526. The monoisotopic (exact) mass is 342 g/mol. The molecule has 1 unspecified atom stereocenters. The second kappa shape index (κ2) is 7.46. The van der Waals surface area contributed by atoms with Crippen LogP contribution >= 0.6 is 0 Å². The maximum Gasteiger partial charge on any atom is 0.328 e. The molecule has 4 aliphatic rings. The normalized spacial score (nSPS) is 30.8. The summed E-state index contributed by atoms with van der Waals surface area (Å²) < 4.78 is 6.10. The van der Waals surface area contributed by atoms with Crippen molar-refractivity contribution in [1.82, 2.24) is 9.80 Å². The van der Waals surface area contributed by atoms with Gasteiger partial charge in [0.05, 0.1) is 0 Å². The molecule has 5 rings (SSSR count). The van der Waals surface area contributed by atoms with Crippen molar-refractivity contribution in [3.63, 3.8) is 0 Å². The molecule has 0 aliphatic carbocycles. The third kappa shape index (κ3) is 3.75. The van der Waals surface area contributed by atoms with Gasteiger partial charge in [0.25, 0.3) is 0 Å². The van der Waals surface area contributed by atoms with E-state index in [0.29, 0.717) is 5.92 Å². The Morgan fingerprint density at radius 1 is 1.04 bits per heavy atom. The zero-order valence-corrected chi connectivity index (χ0v) is 15.3. The van der Waals surface area contributed by atoms with Crippen LogP contribution in [-0.4, -0.2) is 54.6 Å². The van der Waals surface area contributed by atoms with E-state index in [4.69, 9.17) is 4.74 Å². The first kappa shape index (κ1) is 17.0. The van der Waals surface area contributed by atoms with Crippen LogP contribution in [0.25, 0.3) is 0 Å². The fraction of sp³-hybridized carbons (Fsp3) is 0.667. The van der Waals surface area contributed by atoms with Crippen molar-refractivity contribution in [2.75, 3.05) is 32.7 Å². The fourth-order valence-corrected chi connectivity index (χ4v) is 4.68. The molecule has 4 saturated heterocycles. The number of nitrogens with zero attached hydrogens (tertiary/aromatic N) is 2. The Morgan fingerprint density at radius 3 is 2.32 bits per heavy atom. The average molecular weight is 342 g/mol. The molecule has 2 bridgehead atoms. The Kier molecular flexibility index (Phi) is 5.09. The number of carbonyl (C=O) groups excluding carboxylic acids is 1. The molecule has 0 radical (unpaired) electrons. The summed E-state index contributed by atoms with van der Waals surface area (Å²) >= 11 is 0. The van der Waals surface area contributed by atoms with Crippen molar-refractivity contribution in [3.05, 3.63) is 35.4 Å². The van der Waals surface area contributed by atoms with Crippen LogP contribution in [0.1, 0.15) is 49.3 Å². The van der Waals surface area contributed by atoms with Crippen LogP contribution in [0, 0.1) is 12.8 Å². The van der Waals surface area contributed by atoms with Gasteiger partial charge in [-0.15, -0.1) is 0 Å². The number of aryl methyl sites for hydroxylation is 1. The van der Waals surface area contributed by atoms with Crippen LogP contribution in [-0.2, 0) is 9.53 Å². The van der Waals surface area contributed by atoms with Crippen molar-refractivity contribution in [2.45, 2.75) is 51.2 Å². The van der Waals surface area contributed by atoms with Crippen molar-refractivity contribution in [1.29, 1.82) is 0 Å². The number of likely N-dealkylation sites (tertiary alicyclic amines) is 1. The van der Waals surface area contributed by atoms with E-state index in [2.05, 4.69) is 41.0 Å². The Morgan fingerprint density at radius 2 is 1.72 bits per heavy atom. The van der Waals surface area contributed by atoms with E-state index in [9.17, 15) is 4.79 Å². The van der Waals surface area contributed by atoms with E-state index in [0.717, 1.165) is 25.2 Å². The molecule has 1 aromatic carbocycles. The van der Waals surface area contributed by atoms with Crippen molar-refractivity contribution in [3.8, 4) is 0 Å². The minimum absolute atomic E-state index is 0.0375. The molecular weight excluding hydrogens is 312 g/mol. The van der Waals surface area contributed by atoms with Gasteiger partial charge in [-0.25, -0.2) is 4.79 Å². The smallest absolute Gasteiger partial charge is 0.328 e. The van der Waals surface area contributed by atoms with Gasteiger partial charge < -0.3 is 4.74 Å². The summed E-state index contributed by atoms with van der Waals surface area (Å²) in [6.07, 6.45) is 6.07. The molecule has 0 saturated carbocycles. The fourth-order valence-electron chi connectivity index (χ4n) is 4.68. The maximum atomic E-state index is 13.2. The lowest BCUT2D eigenvalue weighted by atomic mass is 9.86. The van der Waals surface area contributed by atoms with Gasteiger partial charge in [-0.2, -0.15) is 0 Å². The zero-order valence-electron chi connectivity index (χ0n) is 15.3. The second-order valence-electron chi connectivity index (χ2n) is 8.02. The van der Waals surface area contributed by atoms with Crippen molar-refractivity contribution < 1.29 is 9.53 Å². The van der Waals surface area contributed by atoms with Gasteiger partial charge >= 0.3 is 5.97 Å². The van der Waals surface area contributed by atoms with E-state index in [-0.39, 0.29) is 18.1 Å². The van der Waals surface area contributed by atoms with Gasteiger partial charge in [-0.3, -0.25) is 9.80 Å². The molecule has 25 heavy (non-hydrogen) atoms. The number of piperidine rings is 4. The first-order valence-corrected chi connectivity index (χ1v) is 9.94. The lowest BCUT2D eigenvalue weighted by Crippen LogP contribution is -2.52. The molecule has 0 amide bonds. The molecule has 4 heterocycles. The molecule has 4 nitrogen and oxygen atoms in total. The van der Waals surface area contributed by atoms with Crippen LogP contribution in [0.4, 0.5) is 0 Å². The third-order valence-electron chi connectivity index (χ3n) is 6.24. The van der Waals surface area contributed by atoms with E-state index in [1.165, 1.54) is 50.8 Å². The van der Waals surface area contributed by atoms with E-state index in [1.54, 1.807) is 0 Å². The molecule has 136 valence electrons. The largest absolute Gasteiger partial charge is 0.459 e. The lowest BCUT2D eigenvalue weighted by Gasteiger charge is -2.44. The SMILES string of the molecule is Cc1ccc(C(C(=O)O[C@H]2CN3CCC2CC3)N2CCCCC2)cc1. The Bertz CT molecular complexity index is 586. The zero-order chi connectivity index (χ0) is 17.2. The van der Waals surface area contributed by atoms with Gasteiger partial charge in [0.2, 0.25) is 0 Å². The Balaban J connectivity index is 1.52. The van der Waals surface area contributed by atoms with Crippen molar-refractivity contribution in [2.24, 2.45) is 5.92 Å². The van der Waals surface area contributed by atoms with E-state index >= 15 is 0 Å². The second-order valence-corrected chi connectivity index (χ2v) is 8.02. The summed E-state index contributed by atoms with van der Waals surface area (Å²) in [5.41, 5.74) is 2.31. The van der Waals surface area contributed by atoms with E-state index < -0.39 is 0 Å². The number of carbonyl (C=O) groups is 1. The molecule has 1 aromatic rings. The van der Waals surface area contributed by atoms with E-state index in [1.807, 2.05) is 0 Å². The van der Waals surface area contributed by atoms with Crippen LogP contribution in [0.5, 0.6) is 0 Å². The summed E-state index contributed by atoms with van der Waals surface area (Å²) in [5, 5.41) is 0. The highest BCUT2D eigenvalue weighted by Crippen LogP contribution is 2.32. The number of hydrogen-bond donors (Lipinski definition) is 0. The topological polar surface area (TPSA) is 32.8 Å². The highest BCUT2D eigenvalue weighted by atomic mass is 16.5. The molecule has 4 aliphatic heterocycles. The molecule has 4 heteroatoms. The lowest BCUT2D eigenvalue weighted by molar-refractivity contribution is -0.166. The molecule has 0 N–H and O–H groups in total. The first-order valence-electron chi connectivity index (χ1n) is 9.94. The molecule has 0 aromatic heterocycles. The van der Waals surface area contributed by atoms with Crippen LogP contribution in [0.2, 0.25) is 0 Å². The van der Waals surface area contributed by atoms with Gasteiger partial charge in [0.1, 0.15) is 12.1 Å². The highest BCUT2D eigenvalue weighted by molar-refractivity contribution is 5.78. The number of rotatable bonds is 4. The summed E-state index contributed by atoms with van der Waals surface area (Å²) in [7, 11) is 0. The van der Waals surface area contributed by atoms with Crippen LogP contribution in [0.3, 0.4) is 0 Å². The van der Waals surface area contributed by atoms with Gasteiger partial charge in [0.15, 0.2) is 0 Å². The number of benzene rings is 1. The number of fused-ring (bicyclic) bond motifs is 3. The summed E-state index contributed by atoms with van der Waals surface area (Å²) in [4.78, 5) is 18.0. The van der Waals surface area contributed by atoms with Crippen LogP contribution < -0.4 is 0 Å². The standard InChI is InChI=1S/C21H30N2O2/c1-16-5-7-18(8-6-16)20(23-11-3-2-4-12-23)21(24)25-19-15-22-13-9-17(19)10-14-22/h5-8,17,19-20H,2-4,9-15H2,1H3/t19-,20?/m0/s1. The van der Waals surface area contributed by atoms with Crippen molar-refractivity contribution >= 4 is 5.97 Å². The predicted octanol–water partition coefficient (Wildman–Crippen LogP) is 3.16. The number of hydrogen-bond acceptors (Lipinski definition) is 4. The number of esters is 1. The highest BCUT2D eigenvalue weighted by Gasteiger charge is 2.39. The Hall–Kier alpha value is -1.39. The predicted molar refractivity (Wildman–Crippen MR) is 98.4 cm³/mol. The molecular formula is C21H30N2O2. The summed E-state index contributed by atoms with van der Waals surface area (Å²) in [6, 6.07) is 8.18. The van der Waals surface area contributed by atoms with Gasteiger partial charge in [-0.05, 0) is 70.3 Å². The molecule has 2 atom stereocenters. The minimum Gasteiger partial charge on any atom is -0.459 e. The van der Waals surface area contributed by atoms with Crippen LogP contribution in [0.15, 0.2) is 24.3 Å². The minimum atomic E-state index is -0.239. The Labute approximate surface area is 151 Å². The number of ether oxygens (including phenoxy) is 1.